The van der Waals surface area contributed by atoms with Crippen LogP contribution in [-0.4, -0.2) is 16.6 Å². The van der Waals surface area contributed by atoms with Crippen molar-refractivity contribution >= 4 is 23.1 Å². The highest BCUT2D eigenvalue weighted by Crippen LogP contribution is 1.99. The van der Waals surface area contributed by atoms with E-state index >= 15 is 0 Å². The Morgan fingerprint density at radius 3 is 2.93 bits per heavy atom. The van der Waals surface area contributed by atoms with E-state index in [0.29, 0.717) is 5.11 Å². The number of nitrogens with zero attached hydrogens (tertiary/aromatic N) is 1. The number of hydrogen-bond acceptors (Lipinski definition) is 2. The molecular formula is C11H17N3S. The first-order valence-electron chi connectivity index (χ1n) is 5.29. The fourth-order valence-electron chi connectivity index (χ4n) is 1.17. The molecule has 0 amide bonds. The number of pyridine rings is 1. The van der Waals surface area contributed by atoms with Crippen LogP contribution in [0.3, 0.4) is 0 Å². The molecule has 0 bridgehead atoms. The van der Waals surface area contributed by atoms with Gasteiger partial charge >= 0.3 is 0 Å². The van der Waals surface area contributed by atoms with Crippen molar-refractivity contribution in [2.45, 2.75) is 26.2 Å². The molecule has 1 aromatic heterocycles. The van der Waals surface area contributed by atoms with Crippen LogP contribution >= 0.6 is 12.2 Å². The molecule has 0 aliphatic carbocycles. The molecule has 0 aliphatic rings. The molecule has 1 aromatic rings. The number of hydrogen-bond donors (Lipinski definition) is 2. The molecule has 2 N–H and O–H groups in total. The van der Waals surface area contributed by atoms with Crippen molar-refractivity contribution in [3.05, 3.63) is 24.4 Å². The Kier molecular flexibility index (Phi) is 5.70. The minimum absolute atomic E-state index is 0.643. The van der Waals surface area contributed by atoms with Gasteiger partial charge in [0, 0.05) is 12.7 Å². The highest BCUT2D eigenvalue weighted by molar-refractivity contribution is 7.80. The van der Waals surface area contributed by atoms with Crippen molar-refractivity contribution in [1.29, 1.82) is 0 Å². The van der Waals surface area contributed by atoms with Gasteiger partial charge in [-0.05, 0) is 30.8 Å². The minimum Gasteiger partial charge on any atom is -0.362 e. The predicted octanol–water partition coefficient (Wildman–Crippen LogP) is 2.56. The molecule has 0 unspecified atom stereocenters. The number of rotatable bonds is 5. The molecule has 0 fully saturated rings. The van der Waals surface area contributed by atoms with Gasteiger partial charge in [0.2, 0.25) is 0 Å². The van der Waals surface area contributed by atoms with Crippen LogP contribution in [0.25, 0.3) is 0 Å². The lowest BCUT2D eigenvalue weighted by atomic mass is 10.2. The molecule has 0 saturated carbocycles. The summed E-state index contributed by atoms with van der Waals surface area (Å²) in [6.07, 6.45) is 5.35. The maximum atomic E-state index is 5.12. The summed E-state index contributed by atoms with van der Waals surface area (Å²) >= 11 is 5.12. The van der Waals surface area contributed by atoms with Crippen molar-refractivity contribution in [2.75, 3.05) is 11.9 Å². The summed E-state index contributed by atoms with van der Waals surface area (Å²) < 4.78 is 0. The second-order valence-corrected chi connectivity index (χ2v) is 3.71. The third kappa shape index (κ3) is 5.32. The van der Waals surface area contributed by atoms with Gasteiger partial charge in [-0.2, -0.15) is 0 Å². The average Bonchev–Trinajstić information content (AvgIpc) is 2.26. The Morgan fingerprint density at radius 2 is 2.27 bits per heavy atom. The van der Waals surface area contributed by atoms with Crippen molar-refractivity contribution < 1.29 is 0 Å². The Balaban J connectivity index is 2.19. The Labute approximate surface area is 96.3 Å². The maximum absolute atomic E-state index is 5.12. The standard InChI is InChI=1S/C11H17N3S/c1-2-3-5-9-13-11(15)14-10-7-4-6-8-12-10/h4,6-8H,2-3,5,9H2,1H3,(H2,12,13,14,15). The summed E-state index contributed by atoms with van der Waals surface area (Å²) in [6.45, 7) is 3.11. The lowest BCUT2D eigenvalue weighted by Crippen LogP contribution is -2.29. The summed E-state index contributed by atoms with van der Waals surface area (Å²) in [5, 5.41) is 6.82. The SMILES string of the molecule is CCCCCNC(=S)Nc1ccccn1. The second kappa shape index (κ2) is 7.17. The highest BCUT2D eigenvalue weighted by atomic mass is 32.1. The van der Waals surface area contributed by atoms with Crippen LogP contribution < -0.4 is 10.6 Å². The normalized spacial score (nSPS) is 9.67. The van der Waals surface area contributed by atoms with Crippen LogP contribution in [0.4, 0.5) is 5.82 Å². The molecule has 0 radical (unpaired) electrons. The van der Waals surface area contributed by atoms with Gasteiger partial charge in [0.1, 0.15) is 5.82 Å². The van der Waals surface area contributed by atoms with Crippen LogP contribution in [0.2, 0.25) is 0 Å². The molecule has 4 heteroatoms. The largest absolute Gasteiger partial charge is 0.362 e. The molecule has 1 rings (SSSR count). The topological polar surface area (TPSA) is 37.0 Å². The zero-order valence-electron chi connectivity index (χ0n) is 8.99. The highest BCUT2D eigenvalue weighted by Gasteiger charge is 1.96. The Hall–Kier alpha value is -1.16. The van der Waals surface area contributed by atoms with E-state index in [4.69, 9.17) is 12.2 Å². The van der Waals surface area contributed by atoms with Gasteiger partial charge in [0.05, 0.1) is 0 Å². The van der Waals surface area contributed by atoms with Crippen molar-refractivity contribution in [2.24, 2.45) is 0 Å². The number of thiocarbonyl (C=S) groups is 1. The van der Waals surface area contributed by atoms with Crippen molar-refractivity contribution in [1.82, 2.24) is 10.3 Å². The van der Waals surface area contributed by atoms with Gasteiger partial charge in [-0.25, -0.2) is 4.98 Å². The number of anilines is 1. The van der Waals surface area contributed by atoms with E-state index in [0.717, 1.165) is 18.8 Å². The van der Waals surface area contributed by atoms with E-state index in [1.165, 1.54) is 12.8 Å². The number of unbranched alkanes of at least 4 members (excludes halogenated alkanes) is 2. The zero-order valence-corrected chi connectivity index (χ0v) is 9.81. The lowest BCUT2D eigenvalue weighted by molar-refractivity contribution is 0.697. The predicted molar refractivity (Wildman–Crippen MR) is 68.0 cm³/mol. The summed E-state index contributed by atoms with van der Waals surface area (Å²) in [4.78, 5) is 4.12. The van der Waals surface area contributed by atoms with Crippen LogP contribution in [-0.2, 0) is 0 Å². The molecule has 0 aliphatic heterocycles. The summed E-state index contributed by atoms with van der Waals surface area (Å²) in [7, 11) is 0. The summed E-state index contributed by atoms with van der Waals surface area (Å²) in [6, 6.07) is 5.69. The van der Waals surface area contributed by atoms with Crippen LogP contribution in [0.1, 0.15) is 26.2 Å². The van der Waals surface area contributed by atoms with Gasteiger partial charge in [0.25, 0.3) is 0 Å². The van der Waals surface area contributed by atoms with Gasteiger partial charge in [0.15, 0.2) is 5.11 Å². The zero-order chi connectivity index (χ0) is 10.9. The van der Waals surface area contributed by atoms with E-state index in [1.54, 1.807) is 6.20 Å². The monoisotopic (exact) mass is 223 g/mol. The summed E-state index contributed by atoms with van der Waals surface area (Å²) in [5.41, 5.74) is 0. The van der Waals surface area contributed by atoms with Crippen LogP contribution in [0.15, 0.2) is 24.4 Å². The van der Waals surface area contributed by atoms with Crippen LogP contribution in [0.5, 0.6) is 0 Å². The lowest BCUT2D eigenvalue weighted by Gasteiger charge is -2.08. The van der Waals surface area contributed by atoms with E-state index in [1.807, 2.05) is 18.2 Å². The number of aromatic nitrogens is 1. The van der Waals surface area contributed by atoms with Crippen LogP contribution in [0, 0.1) is 0 Å². The second-order valence-electron chi connectivity index (χ2n) is 3.30. The van der Waals surface area contributed by atoms with Gasteiger partial charge < -0.3 is 10.6 Å². The molecule has 0 atom stereocenters. The van der Waals surface area contributed by atoms with Crippen molar-refractivity contribution in [3.63, 3.8) is 0 Å². The Bertz CT molecular complexity index is 287. The van der Waals surface area contributed by atoms with Gasteiger partial charge in [-0.3, -0.25) is 0 Å². The quantitative estimate of drug-likeness (QED) is 0.594. The third-order valence-corrected chi connectivity index (χ3v) is 2.22. The molecule has 0 spiro atoms. The summed E-state index contributed by atoms with van der Waals surface area (Å²) in [5.74, 6) is 0.783. The van der Waals surface area contributed by atoms with Gasteiger partial charge in [-0.1, -0.05) is 25.8 Å². The van der Waals surface area contributed by atoms with E-state index < -0.39 is 0 Å². The average molecular weight is 223 g/mol. The molecule has 15 heavy (non-hydrogen) atoms. The molecule has 0 saturated heterocycles. The first-order valence-corrected chi connectivity index (χ1v) is 5.69. The smallest absolute Gasteiger partial charge is 0.171 e. The maximum Gasteiger partial charge on any atom is 0.171 e. The third-order valence-electron chi connectivity index (χ3n) is 1.97. The molecule has 82 valence electrons. The van der Waals surface area contributed by atoms with E-state index in [2.05, 4.69) is 22.5 Å². The number of nitrogens with one attached hydrogen (secondary N) is 2. The van der Waals surface area contributed by atoms with E-state index in [-0.39, 0.29) is 0 Å². The Morgan fingerprint density at radius 1 is 1.40 bits per heavy atom. The fraction of sp³-hybridized carbons (Fsp3) is 0.455. The fourth-order valence-corrected chi connectivity index (χ4v) is 1.38. The van der Waals surface area contributed by atoms with Crippen molar-refractivity contribution in [3.8, 4) is 0 Å². The molecule has 1 heterocycles. The first kappa shape index (κ1) is 11.9. The van der Waals surface area contributed by atoms with E-state index in [9.17, 15) is 0 Å². The molecule has 3 nitrogen and oxygen atoms in total. The first-order chi connectivity index (χ1) is 7.33. The van der Waals surface area contributed by atoms with Gasteiger partial charge in [-0.15, -0.1) is 0 Å². The molecular weight excluding hydrogens is 206 g/mol. The minimum atomic E-state index is 0.643. The molecule has 0 aromatic carbocycles.